The third-order valence-electron chi connectivity index (χ3n) is 1.57. The molecular formula is C10H10OS. The highest BCUT2D eigenvalue weighted by molar-refractivity contribution is 7.80. The van der Waals surface area contributed by atoms with E-state index < -0.39 is 0 Å². The second kappa shape index (κ2) is 4.02. The predicted molar refractivity (Wildman–Crippen MR) is 55.2 cm³/mol. The van der Waals surface area contributed by atoms with Gasteiger partial charge in [-0.3, -0.25) is 0 Å². The van der Waals surface area contributed by atoms with E-state index in [4.69, 9.17) is 17.0 Å². The van der Waals surface area contributed by atoms with Crippen molar-refractivity contribution in [3.63, 3.8) is 0 Å². The van der Waals surface area contributed by atoms with E-state index in [2.05, 4.69) is 6.58 Å². The zero-order valence-electron chi connectivity index (χ0n) is 6.91. The van der Waals surface area contributed by atoms with Crippen LogP contribution < -0.4 is 0 Å². The molecule has 0 saturated heterocycles. The van der Waals surface area contributed by atoms with Gasteiger partial charge in [-0.2, -0.15) is 0 Å². The lowest BCUT2D eigenvalue weighted by atomic mass is 10.1. The van der Waals surface area contributed by atoms with Crippen molar-refractivity contribution in [1.82, 2.24) is 0 Å². The molecule has 1 aromatic carbocycles. The van der Waals surface area contributed by atoms with Crippen LogP contribution in [-0.4, -0.2) is 12.2 Å². The summed E-state index contributed by atoms with van der Waals surface area (Å²) in [5, 5.41) is 0.519. The fourth-order valence-corrected chi connectivity index (χ4v) is 1.01. The largest absolute Gasteiger partial charge is 0.486 e. The molecule has 0 saturated carbocycles. The number of thiocarbonyl (C=S) groups is 1. The molecule has 12 heavy (non-hydrogen) atoms. The molecule has 0 unspecified atom stereocenters. The van der Waals surface area contributed by atoms with Crippen LogP contribution in [0.4, 0.5) is 0 Å². The SMILES string of the molecule is C=Cc1ccc(C(=S)OC)cc1. The first-order chi connectivity index (χ1) is 5.77. The van der Waals surface area contributed by atoms with Gasteiger partial charge in [0.2, 0.25) is 0 Å². The van der Waals surface area contributed by atoms with Gasteiger partial charge in [0, 0.05) is 5.56 Å². The van der Waals surface area contributed by atoms with E-state index in [1.54, 1.807) is 13.2 Å². The Hall–Kier alpha value is -1.15. The van der Waals surface area contributed by atoms with E-state index in [1.807, 2.05) is 24.3 Å². The molecule has 62 valence electrons. The molecule has 1 aromatic rings. The summed E-state index contributed by atoms with van der Waals surface area (Å²) in [5.41, 5.74) is 2.01. The summed E-state index contributed by atoms with van der Waals surface area (Å²) in [6, 6.07) is 7.74. The van der Waals surface area contributed by atoms with Gasteiger partial charge in [-0.1, -0.05) is 24.8 Å². The van der Waals surface area contributed by atoms with Gasteiger partial charge in [0.25, 0.3) is 0 Å². The molecule has 0 aromatic heterocycles. The quantitative estimate of drug-likeness (QED) is 0.644. The molecule has 0 aliphatic heterocycles. The van der Waals surface area contributed by atoms with Crippen molar-refractivity contribution in [2.45, 2.75) is 0 Å². The van der Waals surface area contributed by atoms with Crippen molar-refractivity contribution in [3.05, 3.63) is 42.0 Å². The summed E-state index contributed by atoms with van der Waals surface area (Å²) in [5.74, 6) is 0. The normalized spacial score (nSPS) is 9.08. The first-order valence-corrected chi connectivity index (χ1v) is 3.99. The molecule has 0 N–H and O–H groups in total. The number of ether oxygens (including phenoxy) is 1. The number of benzene rings is 1. The highest BCUT2D eigenvalue weighted by atomic mass is 32.1. The molecule has 0 spiro atoms. The van der Waals surface area contributed by atoms with Gasteiger partial charge >= 0.3 is 0 Å². The summed E-state index contributed by atoms with van der Waals surface area (Å²) < 4.78 is 4.92. The number of methoxy groups -OCH3 is 1. The molecule has 0 atom stereocenters. The van der Waals surface area contributed by atoms with Gasteiger partial charge < -0.3 is 4.74 Å². The van der Waals surface area contributed by atoms with Crippen molar-refractivity contribution >= 4 is 23.3 Å². The minimum absolute atomic E-state index is 0.519. The van der Waals surface area contributed by atoms with E-state index in [9.17, 15) is 0 Å². The molecule has 2 heteroatoms. The monoisotopic (exact) mass is 178 g/mol. The topological polar surface area (TPSA) is 9.23 Å². The lowest BCUT2D eigenvalue weighted by Crippen LogP contribution is -1.98. The molecule has 1 nitrogen and oxygen atoms in total. The van der Waals surface area contributed by atoms with Crippen LogP contribution in [0.1, 0.15) is 11.1 Å². The second-order valence-electron chi connectivity index (χ2n) is 2.32. The van der Waals surface area contributed by atoms with Gasteiger partial charge in [-0.25, -0.2) is 0 Å². The zero-order chi connectivity index (χ0) is 8.97. The highest BCUT2D eigenvalue weighted by Crippen LogP contribution is 2.06. The lowest BCUT2D eigenvalue weighted by Gasteiger charge is -2.01. The van der Waals surface area contributed by atoms with Crippen LogP contribution in [0.3, 0.4) is 0 Å². The van der Waals surface area contributed by atoms with Crippen molar-refractivity contribution in [3.8, 4) is 0 Å². The molecule has 0 bridgehead atoms. The summed E-state index contributed by atoms with van der Waals surface area (Å²) in [6.07, 6.45) is 1.79. The van der Waals surface area contributed by atoms with E-state index in [-0.39, 0.29) is 0 Å². The molecule has 0 aliphatic carbocycles. The zero-order valence-corrected chi connectivity index (χ0v) is 7.73. The molecule has 0 radical (unpaired) electrons. The van der Waals surface area contributed by atoms with Crippen molar-refractivity contribution in [1.29, 1.82) is 0 Å². The molecule has 0 aliphatic rings. The van der Waals surface area contributed by atoms with Crippen LogP contribution in [0.15, 0.2) is 30.8 Å². The Labute approximate surface area is 77.7 Å². The van der Waals surface area contributed by atoms with Crippen LogP contribution in [0.5, 0.6) is 0 Å². The maximum Gasteiger partial charge on any atom is 0.190 e. The first kappa shape index (κ1) is 8.94. The van der Waals surface area contributed by atoms with E-state index in [0.717, 1.165) is 11.1 Å². The Bertz CT molecular complexity index is 287. The Kier molecular flexibility index (Phi) is 3.00. The first-order valence-electron chi connectivity index (χ1n) is 3.58. The third kappa shape index (κ3) is 1.92. The summed E-state index contributed by atoms with van der Waals surface area (Å²) in [4.78, 5) is 0. The standard InChI is InChI=1S/C10H10OS/c1-3-8-4-6-9(7-5-8)10(12)11-2/h3-7H,1H2,2H3. The van der Waals surface area contributed by atoms with Crippen LogP contribution in [-0.2, 0) is 4.74 Å². The Morgan fingerprint density at radius 1 is 1.42 bits per heavy atom. The molecular weight excluding hydrogens is 168 g/mol. The van der Waals surface area contributed by atoms with Crippen molar-refractivity contribution in [2.75, 3.05) is 7.11 Å². The maximum atomic E-state index is 4.95. The third-order valence-corrected chi connectivity index (χ3v) is 1.97. The lowest BCUT2D eigenvalue weighted by molar-refractivity contribution is 0.416. The van der Waals surface area contributed by atoms with Crippen LogP contribution >= 0.6 is 12.2 Å². The summed E-state index contributed by atoms with van der Waals surface area (Å²) in [6.45, 7) is 3.66. The Morgan fingerprint density at radius 2 is 2.00 bits per heavy atom. The summed E-state index contributed by atoms with van der Waals surface area (Å²) >= 11 is 4.95. The predicted octanol–water partition coefficient (Wildman–Crippen LogP) is 2.65. The van der Waals surface area contributed by atoms with E-state index >= 15 is 0 Å². The molecule has 0 heterocycles. The number of hydrogen-bond acceptors (Lipinski definition) is 2. The van der Waals surface area contributed by atoms with Crippen LogP contribution in [0, 0.1) is 0 Å². The fourth-order valence-electron chi connectivity index (χ4n) is 0.873. The second-order valence-corrected chi connectivity index (χ2v) is 2.69. The smallest absolute Gasteiger partial charge is 0.190 e. The van der Waals surface area contributed by atoms with Gasteiger partial charge in [-0.15, -0.1) is 0 Å². The molecule has 0 amide bonds. The Morgan fingerprint density at radius 3 is 2.42 bits per heavy atom. The van der Waals surface area contributed by atoms with Crippen molar-refractivity contribution in [2.24, 2.45) is 0 Å². The molecule has 1 rings (SSSR count). The number of rotatable bonds is 2. The molecule has 0 fully saturated rings. The highest BCUT2D eigenvalue weighted by Gasteiger charge is 1.97. The fraction of sp³-hybridized carbons (Fsp3) is 0.100. The average molecular weight is 178 g/mol. The van der Waals surface area contributed by atoms with E-state index in [0.29, 0.717) is 5.05 Å². The minimum atomic E-state index is 0.519. The Balaban J connectivity index is 2.91. The van der Waals surface area contributed by atoms with Crippen LogP contribution in [0.25, 0.3) is 6.08 Å². The van der Waals surface area contributed by atoms with E-state index in [1.165, 1.54) is 0 Å². The van der Waals surface area contributed by atoms with Gasteiger partial charge in [0.05, 0.1) is 7.11 Å². The maximum absolute atomic E-state index is 4.95. The van der Waals surface area contributed by atoms with Gasteiger partial charge in [0.1, 0.15) is 0 Å². The van der Waals surface area contributed by atoms with Crippen molar-refractivity contribution < 1.29 is 4.74 Å². The minimum Gasteiger partial charge on any atom is -0.486 e. The average Bonchev–Trinajstić information content (AvgIpc) is 2.17. The summed E-state index contributed by atoms with van der Waals surface area (Å²) in [7, 11) is 1.57. The van der Waals surface area contributed by atoms with Gasteiger partial charge in [-0.05, 0) is 29.9 Å². The van der Waals surface area contributed by atoms with Gasteiger partial charge in [0.15, 0.2) is 5.05 Å². The van der Waals surface area contributed by atoms with Crippen LogP contribution in [0.2, 0.25) is 0 Å². The number of hydrogen-bond donors (Lipinski definition) is 0.